The van der Waals surface area contributed by atoms with Crippen molar-refractivity contribution in [1.29, 1.82) is 0 Å². The van der Waals surface area contributed by atoms with Gasteiger partial charge in [-0.25, -0.2) is 18.1 Å². The van der Waals surface area contributed by atoms with E-state index in [0.29, 0.717) is 9.80 Å². The zero-order valence-corrected chi connectivity index (χ0v) is 17.7. The van der Waals surface area contributed by atoms with Crippen molar-refractivity contribution in [3.8, 4) is 0 Å². The molecule has 0 aliphatic carbocycles. The molecule has 0 saturated heterocycles. The maximum absolute atomic E-state index is 12.5. The number of hydrogen-bond acceptors (Lipinski definition) is 8. The van der Waals surface area contributed by atoms with Crippen LogP contribution >= 0.6 is 0 Å². The van der Waals surface area contributed by atoms with Crippen molar-refractivity contribution in [2.75, 3.05) is 27.7 Å². The summed E-state index contributed by atoms with van der Waals surface area (Å²) < 4.78 is 52.7. The lowest BCUT2D eigenvalue weighted by Gasteiger charge is -2.11. The number of sulfonamides is 1. The largest absolute Gasteiger partial charge is 0.399 e. The van der Waals surface area contributed by atoms with Crippen molar-refractivity contribution in [3.63, 3.8) is 0 Å². The number of aryl methyl sites for hydroxylation is 2. The predicted octanol–water partition coefficient (Wildman–Crippen LogP) is -0.122. The van der Waals surface area contributed by atoms with Gasteiger partial charge in [0, 0.05) is 19.7 Å². The Bertz CT molecular complexity index is 1090. The van der Waals surface area contributed by atoms with Gasteiger partial charge in [0.25, 0.3) is 15.2 Å². The highest BCUT2D eigenvalue weighted by atomic mass is 32.2. The molecule has 11 nitrogen and oxygen atoms in total. The molecule has 0 bridgehead atoms. The fourth-order valence-electron chi connectivity index (χ4n) is 2.20. The van der Waals surface area contributed by atoms with E-state index in [2.05, 4.69) is 20.0 Å². The van der Waals surface area contributed by atoms with Gasteiger partial charge >= 0.3 is 10.2 Å². The number of benzene rings is 1. The van der Waals surface area contributed by atoms with Gasteiger partial charge in [0.2, 0.25) is 0 Å². The minimum absolute atomic E-state index is 0.199. The maximum atomic E-state index is 12.5. The summed E-state index contributed by atoms with van der Waals surface area (Å²) in [4.78, 5) is 8.42. The second kappa shape index (κ2) is 8.34. The summed E-state index contributed by atoms with van der Waals surface area (Å²) >= 11 is 0. The van der Waals surface area contributed by atoms with Crippen molar-refractivity contribution >= 4 is 25.9 Å². The lowest BCUT2D eigenvalue weighted by molar-refractivity contribution is 0.213. The number of nitrogens with zero attached hydrogens (tertiary/aromatic N) is 5. The highest BCUT2D eigenvalue weighted by molar-refractivity contribution is 7.89. The quantitative estimate of drug-likeness (QED) is 0.455. The molecule has 0 fully saturated rings. The van der Waals surface area contributed by atoms with Crippen molar-refractivity contribution in [3.05, 3.63) is 41.2 Å². The third kappa shape index (κ3) is 4.73. The second-order valence-corrected chi connectivity index (χ2v) is 9.71. The van der Waals surface area contributed by atoms with Gasteiger partial charge in [0.05, 0.1) is 6.54 Å². The average Bonchev–Trinajstić information content (AvgIpc) is 3.12. The number of nitrogens with one attached hydrogen (secondary N) is 1. The van der Waals surface area contributed by atoms with E-state index in [9.17, 15) is 16.8 Å². The SMILES string of the molecule is CO/N=C(\CNS(=O)(=O)c1ncn(S(=O)(=O)N(C)C)n1)c1cc(C)ccc1C. The summed E-state index contributed by atoms with van der Waals surface area (Å²) in [6.07, 6.45) is 0.818. The van der Waals surface area contributed by atoms with Crippen LogP contribution in [0.5, 0.6) is 0 Å². The molecule has 1 aromatic carbocycles. The van der Waals surface area contributed by atoms with Gasteiger partial charge in [-0.1, -0.05) is 22.9 Å². The van der Waals surface area contributed by atoms with E-state index in [1.807, 2.05) is 32.0 Å². The zero-order chi connectivity index (χ0) is 21.1. The summed E-state index contributed by atoms with van der Waals surface area (Å²) in [5.41, 5.74) is 2.94. The highest BCUT2D eigenvalue weighted by Crippen LogP contribution is 2.13. The molecule has 2 rings (SSSR count). The first-order valence-electron chi connectivity index (χ1n) is 8.01. The molecule has 2 aromatic rings. The van der Waals surface area contributed by atoms with Crippen LogP contribution in [0, 0.1) is 13.8 Å². The van der Waals surface area contributed by atoms with E-state index < -0.39 is 25.4 Å². The molecule has 0 unspecified atom stereocenters. The standard InChI is InChI=1S/C15H22N6O5S2/c1-11-6-7-12(2)13(8-11)14(19-26-5)9-17-27(22,23)15-16-10-21(18-15)28(24,25)20(3)4/h6-8,10,17H,9H2,1-5H3/b19-14+. The van der Waals surface area contributed by atoms with Gasteiger partial charge in [0.15, 0.2) is 0 Å². The number of oxime groups is 1. The Kier molecular flexibility index (Phi) is 6.54. The normalized spacial score (nSPS) is 13.1. The molecule has 0 amide bonds. The number of aromatic nitrogens is 3. The molecule has 28 heavy (non-hydrogen) atoms. The summed E-state index contributed by atoms with van der Waals surface area (Å²) in [7, 11) is -4.21. The summed E-state index contributed by atoms with van der Waals surface area (Å²) in [5, 5.41) is 6.79. The number of hydrogen-bond donors (Lipinski definition) is 1. The van der Waals surface area contributed by atoms with Crippen LogP contribution in [0.2, 0.25) is 0 Å². The van der Waals surface area contributed by atoms with E-state index in [1.165, 1.54) is 21.2 Å². The molecule has 0 radical (unpaired) electrons. The van der Waals surface area contributed by atoms with Crippen LogP contribution in [-0.2, 0) is 25.1 Å². The fourth-order valence-corrected chi connectivity index (χ4v) is 3.77. The predicted molar refractivity (Wildman–Crippen MR) is 103 cm³/mol. The van der Waals surface area contributed by atoms with Gasteiger partial charge in [-0.05, 0) is 25.5 Å². The molecule has 1 heterocycles. The first-order valence-corrected chi connectivity index (χ1v) is 10.9. The van der Waals surface area contributed by atoms with Gasteiger partial charge in [-0.15, -0.1) is 9.19 Å². The van der Waals surface area contributed by atoms with Crippen LogP contribution in [0.15, 0.2) is 34.8 Å². The van der Waals surface area contributed by atoms with Crippen LogP contribution in [-0.4, -0.2) is 68.8 Å². The Hall–Kier alpha value is -2.35. The topological polar surface area (TPSA) is 136 Å². The molecule has 0 spiro atoms. The molecule has 0 aliphatic rings. The monoisotopic (exact) mass is 430 g/mol. The van der Waals surface area contributed by atoms with Crippen LogP contribution in [0.4, 0.5) is 0 Å². The van der Waals surface area contributed by atoms with E-state index in [-0.39, 0.29) is 6.54 Å². The molecular formula is C15H22N6O5S2. The first-order chi connectivity index (χ1) is 13.0. The molecule has 154 valence electrons. The summed E-state index contributed by atoms with van der Waals surface area (Å²) in [5.74, 6) is 0. The molecule has 1 aromatic heterocycles. The molecule has 1 N–H and O–H groups in total. The molecule has 0 atom stereocenters. The van der Waals surface area contributed by atoms with E-state index in [4.69, 9.17) is 4.84 Å². The van der Waals surface area contributed by atoms with Gasteiger partial charge in [-0.3, -0.25) is 0 Å². The second-order valence-electron chi connectivity index (χ2n) is 6.05. The molecular weight excluding hydrogens is 408 g/mol. The first kappa shape index (κ1) is 21.9. The minimum Gasteiger partial charge on any atom is -0.399 e. The molecule has 13 heteroatoms. The van der Waals surface area contributed by atoms with Crippen molar-refractivity contribution in [1.82, 2.24) is 23.2 Å². The Morgan fingerprint density at radius 1 is 1.25 bits per heavy atom. The van der Waals surface area contributed by atoms with Gasteiger partial charge in [-0.2, -0.15) is 12.7 Å². The zero-order valence-electron chi connectivity index (χ0n) is 16.1. The lowest BCUT2D eigenvalue weighted by Crippen LogP contribution is -2.32. The van der Waals surface area contributed by atoms with Crippen LogP contribution < -0.4 is 4.72 Å². The maximum Gasteiger partial charge on any atom is 0.323 e. The molecule has 0 saturated carbocycles. The lowest BCUT2D eigenvalue weighted by atomic mass is 10.0. The van der Waals surface area contributed by atoms with E-state index >= 15 is 0 Å². The average molecular weight is 431 g/mol. The Labute approximate surface area is 164 Å². The van der Waals surface area contributed by atoms with Crippen molar-refractivity contribution < 1.29 is 21.7 Å². The van der Waals surface area contributed by atoms with Crippen LogP contribution in [0.3, 0.4) is 0 Å². The fraction of sp³-hybridized carbons (Fsp3) is 0.400. The summed E-state index contributed by atoms with van der Waals surface area (Å²) in [6, 6.07) is 5.67. The Morgan fingerprint density at radius 2 is 1.93 bits per heavy atom. The smallest absolute Gasteiger partial charge is 0.323 e. The third-order valence-electron chi connectivity index (χ3n) is 3.72. The van der Waals surface area contributed by atoms with E-state index in [1.54, 1.807) is 0 Å². The molecule has 0 aliphatic heterocycles. The Balaban J connectivity index is 2.28. The van der Waals surface area contributed by atoms with E-state index in [0.717, 1.165) is 27.3 Å². The highest BCUT2D eigenvalue weighted by Gasteiger charge is 2.25. The third-order valence-corrected chi connectivity index (χ3v) is 6.49. The summed E-state index contributed by atoms with van der Waals surface area (Å²) in [6.45, 7) is 3.57. The van der Waals surface area contributed by atoms with Gasteiger partial charge in [0.1, 0.15) is 19.1 Å². The van der Waals surface area contributed by atoms with Gasteiger partial charge < -0.3 is 4.84 Å². The van der Waals surface area contributed by atoms with Crippen molar-refractivity contribution in [2.45, 2.75) is 19.0 Å². The minimum atomic E-state index is -4.18. The Morgan fingerprint density at radius 3 is 2.54 bits per heavy atom. The van der Waals surface area contributed by atoms with Crippen LogP contribution in [0.25, 0.3) is 0 Å². The van der Waals surface area contributed by atoms with Crippen molar-refractivity contribution in [2.24, 2.45) is 5.16 Å². The number of rotatable bonds is 8. The van der Waals surface area contributed by atoms with Crippen LogP contribution in [0.1, 0.15) is 16.7 Å².